The topological polar surface area (TPSA) is 19.4 Å². The van der Waals surface area contributed by atoms with Crippen LogP contribution >= 0.6 is 11.6 Å². The van der Waals surface area contributed by atoms with E-state index in [4.69, 9.17) is 11.6 Å². The molecule has 4 rings (SSSR count). The lowest BCUT2D eigenvalue weighted by molar-refractivity contribution is 0.117. The third-order valence-electron chi connectivity index (χ3n) is 4.95. The zero-order chi connectivity index (χ0) is 16.7. The van der Waals surface area contributed by atoms with E-state index in [1.807, 2.05) is 18.3 Å². The highest BCUT2D eigenvalue weighted by Crippen LogP contribution is 2.33. The second kappa shape index (κ2) is 6.39. The van der Waals surface area contributed by atoms with Gasteiger partial charge in [0.1, 0.15) is 16.8 Å². The summed E-state index contributed by atoms with van der Waals surface area (Å²) in [7, 11) is 0. The van der Waals surface area contributed by atoms with Gasteiger partial charge in [0, 0.05) is 50.5 Å². The van der Waals surface area contributed by atoms with Gasteiger partial charge >= 0.3 is 0 Å². The minimum Gasteiger partial charge on any atom is -0.293 e. The molecular formula is C18H18ClF2N3. The first-order chi connectivity index (χ1) is 11.6. The maximum absolute atomic E-state index is 13.3. The van der Waals surface area contributed by atoms with Gasteiger partial charge in [-0.2, -0.15) is 0 Å². The SMILES string of the molecule is Fc1cc(F)cc(CN2CC3CC2CN3Cc2ccc(Cl)nc2)c1. The highest BCUT2D eigenvalue weighted by atomic mass is 35.5. The molecule has 0 saturated carbocycles. The van der Waals surface area contributed by atoms with Crippen molar-refractivity contribution in [3.05, 3.63) is 64.4 Å². The van der Waals surface area contributed by atoms with Gasteiger partial charge in [0.25, 0.3) is 0 Å². The summed E-state index contributed by atoms with van der Waals surface area (Å²) in [6.45, 7) is 3.38. The Kier molecular flexibility index (Phi) is 4.24. The van der Waals surface area contributed by atoms with Crippen LogP contribution in [-0.2, 0) is 13.1 Å². The average Bonchev–Trinajstić information content (AvgIpc) is 3.08. The van der Waals surface area contributed by atoms with Crippen LogP contribution in [0.3, 0.4) is 0 Å². The fourth-order valence-corrected chi connectivity index (χ4v) is 4.00. The van der Waals surface area contributed by atoms with Crippen molar-refractivity contribution in [2.45, 2.75) is 31.6 Å². The molecule has 24 heavy (non-hydrogen) atoms. The first-order valence-electron chi connectivity index (χ1n) is 8.10. The molecule has 1 aromatic heterocycles. The van der Waals surface area contributed by atoms with Gasteiger partial charge in [0.2, 0.25) is 0 Å². The van der Waals surface area contributed by atoms with Crippen LogP contribution in [0.4, 0.5) is 8.78 Å². The molecule has 6 heteroatoms. The van der Waals surface area contributed by atoms with Crippen molar-refractivity contribution in [3.63, 3.8) is 0 Å². The van der Waals surface area contributed by atoms with Crippen LogP contribution < -0.4 is 0 Å². The Hall–Kier alpha value is -1.56. The number of piperazine rings is 1. The molecule has 2 aromatic rings. The summed E-state index contributed by atoms with van der Waals surface area (Å²) < 4.78 is 26.7. The van der Waals surface area contributed by atoms with Gasteiger partial charge in [-0.05, 0) is 35.7 Å². The first-order valence-corrected chi connectivity index (χ1v) is 8.48. The molecule has 126 valence electrons. The molecule has 2 aliphatic rings. The quantitative estimate of drug-likeness (QED) is 0.788. The molecule has 0 amide bonds. The number of aromatic nitrogens is 1. The van der Waals surface area contributed by atoms with Crippen LogP contribution in [0.25, 0.3) is 0 Å². The van der Waals surface area contributed by atoms with Gasteiger partial charge in [-0.25, -0.2) is 13.8 Å². The van der Waals surface area contributed by atoms with E-state index in [-0.39, 0.29) is 0 Å². The van der Waals surface area contributed by atoms with Crippen LogP contribution in [0.5, 0.6) is 0 Å². The van der Waals surface area contributed by atoms with E-state index in [2.05, 4.69) is 14.8 Å². The molecule has 2 atom stereocenters. The second-order valence-corrected chi connectivity index (χ2v) is 7.06. The van der Waals surface area contributed by atoms with Gasteiger partial charge in [-0.15, -0.1) is 0 Å². The fourth-order valence-electron chi connectivity index (χ4n) is 3.89. The molecule has 2 unspecified atom stereocenters. The van der Waals surface area contributed by atoms with Gasteiger partial charge in [-0.1, -0.05) is 17.7 Å². The molecule has 2 fully saturated rings. The molecule has 2 aliphatic heterocycles. The van der Waals surface area contributed by atoms with E-state index in [0.717, 1.165) is 37.7 Å². The van der Waals surface area contributed by atoms with Gasteiger partial charge in [0.05, 0.1) is 0 Å². The molecule has 1 aromatic carbocycles. The number of likely N-dealkylation sites (tertiary alicyclic amines) is 2. The molecule has 3 nitrogen and oxygen atoms in total. The number of hydrogen-bond donors (Lipinski definition) is 0. The summed E-state index contributed by atoms with van der Waals surface area (Å²) in [6.07, 6.45) is 2.93. The number of pyridine rings is 1. The number of rotatable bonds is 4. The molecule has 0 aliphatic carbocycles. The summed E-state index contributed by atoms with van der Waals surface area (Å²) in [5.41, 5.74) is 1.86. The Balaban J connectivity index is 1.38. The summed E-state index contributed by atoms with van der Waals surface area (Å²) in [4.78, 5) is 8.91. The van der Waals surface area contributed by atoms with Gasteiger partial charge in [0.15, 0.2) is 0 Å². The standard InChI is InChI=1S/C18H18ClF2N3/c19-18-2-1-12(7-22-18)8-23-10-17-6-16(23)11-24(17)9-13-3-14(20)5-15(21)4-13/h1-5,7,16-17H,6,8-11H2. The minimum absolute atomic E-state index is 0.446. The Bertz CT molecular complexity index is 717. The Morgan fingerprint density at radius 3 is 2.12 bits per heavy atom. The lowest BCUT2D eigenvalue weighted by Gasteiger charge is -2.34. The summed E-state index contributed by atoms with van der Waals surface area (Å²) in [6, 6.07) is 8.52. The largest absolute Gasteiger partial charge is 0.293 e. The highest BCUT2D eigenvalue weighted by Gasteiger charge is 2.42. The van der Waals surface area contributed by atoms with Crippen molar-refractivity contribution >= 4 is 11.6 Å². The fraction of sp³-hybridized carbons (Fsp3) is 0.389. The van der Waals surface area contributed by atoms with Crippen LogP contribution in [0, 0.1) is 11.6 Å². The summed E-state index contributed by atoms with van der Waals surface area (Å²) in [5, 5.41) is 0.509. The predicted molar refractivity (Wildman–Crippen MR) is 88.6 cm³/mol. The molecule has 0 radical (unpaired) electrons. The van der Waals surface area contributed by atoms with Crippen molar-refractivity contribution < 1.29 is 8.78 Å². The number of nitrogens with zero attached hydrogens (tertiary/aromatic N) is 3. The maximum Gasteiger partial charge on any atom is 0.129 e. The van der Waals surface area contributed by atoms with Crippen molar-refractivity contribution in [1.29, 1.82) is 0 Å². The van der Waals surface area contributed by atoms with Crippen LogP contribution in [0.2, 0.25) is 5.15 Å². The molecular weight excluding hydrogens is 332 g/mol. The van der Waals surface area contributed by atoms with Crippen LogP contribution in [0.15, 0.2) is 36.5 Å². The van der Waals surface area contributed by atoms with E-state index in [1.165, 1.54) is 12.1 Å². The zero-order valence-corrected chi connectivity index (χ0v) is 13.9. The second-order valence-electron chi connectivity index (χ2n) is 6.67. The lowest BCUT2D eigenvalue weighted by Crippen LogP contribution is -2.45. The molecule has 2 saturated heterocycles. The Labute approximate surface area is 144 Å². The average molecular weight is 350 g/mol. The van der Waals surface area contributed by atoms with Crippen LogP contribution in [0.1, 0.15) is 17.5 Å². The number of fused-ring (bicyclic) bond motifs is 2. The van der Waals surface area contributed by atoms with Crippen molar-refractivity contribution in [1.82, 2.24) is 14.8 Å². The number of benzene rings is 1. The van der Waals surface area contributed by atoms with Crippen molar-refractivity contribution in [3.8, 4) is 0 Å². The van der Waals surface area contributed by atoms with E-state index in [9.17, 15) is 8.78 Å². The smallest absolute Gasteiger partial charge is 0.129 e. The monoisotopic (exact) mass is 349 g/mol. The van der Waals surface area contributed by atoms with Crippen molar-refractivity contribution in [2.24, 2.45) is 0 Å². The zero-order valence-electron chi connectivity index (χ0n) is 13.1. The normalized spacial score (nSPS) is 24.0. The number of halogens is 3. The Morgan fingerprint density at radius 1 is 0.958 bits per heavy atom. The van der Waals surface area contributed by atoms with E-state index in [1.54, 1.807) is 0 Å². The van der Waals surface area contributed by atoms with E-state index < -0.39 is 11.6 Å². The van der Waals surface area contributed by atoms with E-state index >= 15 is 0 Å². The molecule has 0 spiro atoms. The molecule has 0 N–H and O–H groups in total. The summed E-state index contributed by atoms with van der Waals surface area (Å²) in [5.74, 6) is -1.02. The van der Waals surface area contributed by atoms with Gasteiger partial charge < -0.3 is 0 Å². The third kappa shape index (κ3) is 3.29. The predicted octanol–water partition coefficient (Wildman–Crippen LogP) is 3.47. The third-order valence-corrected chi connectivity index (χ3v) is 5.17. The van der Waals surface area contributed by atoms with Crippen LogP contribution in [-0.4, -0.2) is 40.0 Å². The first kappa shape index (κ1) is 15.9. The number of hydrogen-bond acceptors (Lipinski definition) is 3. The van der Waals surface area contributed by atoms with E-state index in [0.29, 0.717) is 29.3 Å². The van der Waals surface area contributed by atoms with Crippen molar-refractivity contribution in [2.75, 3.05) is 13.1 Å². The molecule has 2 bridgehead atoms. The highest BCUT2D eigenvalue weighted by molar-refractivity contribution is 6.29. The van der Waals surface area contributed by atoms with Gasteiger partial charge in [-0.3, -0.25) is 9.80 Å². The summed E-state index contributed by atoms with van der Waals surface area (Å²) >= 11 is 5.82. The molecule has 3 heterocycles. The lowest BCUT2D eigenvalue weighted by atomic mass is 10.1. The minimum atomic E-state index is -0.508. The Morgan fingerprint density at radius 2 is 1.58 bits per heavy atom. The maximum atomic E-state index is 13.3.